The van der Waals surface area contributed by atoms with Crippen LogP contribution in [0.5, 0.6) is 0 Å². The maximum atomic E-state index is 13.2. The molecule has 1 amide bonds. The largest absolute Gasteiger partial charge is 0.321 e. The number of benzene rings is 3. The molecule has 0 aliphatic carbocycles. The molecular formula is C20H19N3O5S2. The van der Waals surface area contributed by atoms with Crippen LogP contribution in [0.3, 0.4) is 0 Å². The van der Waals surface area contributed by atoms with Crippen molar-refractivity contribution in [2.24, 2.45) is 0 Å². The molecule has 0 saturated carbocycles. The fourth-order valence-corrected chi connectivity index (χ4v) is 5.63. The Balaban J connectivity index is 1.83. The molecule has 0 radical (unpaired) electrons. The van der Waals surface area contributed by atoms with Gasteiger partial charge >= 0.3 is 0 Å². The number of carbonyl (C=O) groups excluding carboxylic acids is 1. The van der Waals surface area contributed by atoms with Gasteiger partial charge in [-0.15, -0.1) is 0 Å². The van der Waals surface area contributed by atoms with Crippen LogP contribution in [-0.4, -0.2) is 41.1 Å². The molecule has 0 unspecified atom stereocenters. The molecule has 0 atom stereocenters. The first-order valence-corrected chi connectivity index (χ1v) is 11.9. The summed E-state index contributed by atoms with van der Waals surface area (Å²) < 4.78 is 54.8. The minimum atomic E-state index is -4.07. The second kappa shape index (κ2) is 6.79. The molecule has 156 valence electrons. The molecule has 4 rings (SSSR count). The molecule has 0 aromatic heterocycles. The van der Waals surface area contributed by atoms with Gasteiger partial charge in [-0.3, -0.25) is 9.52 Å². The Kier molecular flexibility index (Phi) is 4.60. The Morgan fingerprint density at radius 1 is 0.967 bits per heavy atom. The van der Waals surface area contributed by atoms with E-state index in [-0.39, 0.29) is 21.4 Å². The van der Waals surface area contributed by atoms with E-state index >= 15 is 0 Å². The molecule has 3 aromatic rings. The molecule has 0 bridgehead atoms. The summed E-state index contributed by atoms with van der Waals surface area (Å²) in [6.07, 6.45) is 0. The quantitative estimate of drug-likeness (QED) is 0.627. The summed E-state index contributed by atoms with van der Waals surface area (Å²) in [5.74, 6) is -0.282. The number of anilines is 2. The standard InChI is InChI=1S/C20H19N3O5S2/c1-12-7-8-13(30(27,28)23(2)3)11-17(12)22-29(25,26)18-10-9-16-19-14(18)5-4-6-15(19)20(24)21-16/h4-11,22H,1-3H3,(H,21,24). The van der Waals surface area contributed by atoms with Crippen molar-refractivity contribution in [1.29, 1.82) is 0 Å². The predicted octanol–water partition coefficient (Wildman–Crippen LogP) is 2.77. The normalized spacial score (nSPS) is 13.7. The number of nitrogens with one attached hydrogen (secondary N) is 2. The van der Waals surface area contributed by atoms with Crippen molar-refractivity contribution < 1.29 is 21.6 Å². The summed E-state index contributed by atoms with van der Waals surface area (Å²) in [5.41, 5.74) is 1.70. The highest BCUT2D eigenvalue weighted by atomic mass is 32.2. The average Bonchev–Trinajstić information content (AvgIpc) is 3.00. The Bertz CT molecular complexity index is 1430. The number of amides is 1. The molecule has 10 heteroatoms. The third-order valence-electron chi connectivity index (χ3n) is 5.01. The van der Waals surface area contributed by atoms with E-state index in [4.69, 9.17) is 0 Å². The van der Waals surface area contributed by atoms with Crippen molar-refractivity contribution in [3.8, 4) is 0 Å². The third kappa shape index (κ3) is 3.13. The Labute approximate surface area is 174 Å². The van der Waals surface area contributed by atoms with E-state index in [1.807, 2.05) is 0 Å². The lowest BCUT2D eigenvalue weighted by atomic mass is 10.1. The van der Waals surface area contributed by atoms with Gasteiger partial charge < -0.3 is 5.32 Å². The minimum Gasteiger partial charge on any atom is -0.321 e. The van der Waals surface area contributed by atoms with Crippen molar-refractivity contribution in [3.05, 3.63) is 59.7 Å². The lowest BCUT2D eigenvalue weighted by Gasteiger charge is -2.16. The van der Waals surface area contributed by atoms with Crippen molar-refractivity contribution in [1.82, 2.24) is 4.31 Å². The second-order valence-electron chi connectivity index (χ2n) is 7.16. The van der Waals surface area contributed by atoms with Gasteiger partial charge in [0.15, 0.2) is 0 Å². The van der Waals surface area contributed by atoms with Crippen molar-refractivity contribution in [2.75, 3.05) is 24.1 Å². The number of sulfonamides is 2. The summed E-state index contributed by atoms with van der Waals surface area (Å²) in [6, 6.07) is 12.1. The predicted molar refractivity (Wildman–Crippen MR) is 115 cm³/mol. The van der Waals surface area contributed by atoms with Crippen LogP contribution in [-0.2, 0) is 20.0 Å². The first-order valence-electron chi connectivity index (χ1n) is 8.95. The topological polar surface area (TPSA) is 113 Å². The molecule has 2 N–H and O–H groups in total. The summed E-state index contributed by atoms with van der Waals surface area (Å²) in [6.45, 7) is 1.68. The zero-order valence-electron chi connectivity index (χ0n) is 16.4. The highest BCUT2D eigenvalue weighted by Crippen LogP contribution is 2.37. The summed E-state index contributed by atoms with van der Waals surface area (Å²) in [7, 11) is -4.99. The highest BCUT2D eigenvalue weighted by Gasteiger charge is 2.27. The van der Waals surface area contributed by atoms with Crippen LogP contribution in [0.1, 0.15) is 15.9 Å². The summed E-state index contributed by atoms with van der Waals surface area (Å²) in [4.78, 5) is 12.1. The zero-order valence-corrected chi connectivity index (χ0v) is 18.1. The molecule has 3 aromatic carbocycles. The SMILES string of the molecule is Cc1ccc(S(=O)(=O)N(C)C)cc1NS(=O)(=O)c1ccc2c3c(cccc13)C(=O)N2. The van der Waals surface area contributed by atoms with Crippen LogP contribution in [0.4, 0.5) is 11.4 Å². The van der Waals surface area contributed by atoms with Gasteiger partial charge in [0.05, 0.1) is 15.5 Å². The van der Waals surface area contributed by atoms with Crippen LogP contribution in [0.25, 0.3) is 10.8 Å². The number of hydrogen-bond acceptors (Lipinski definition) is 5. The molecule has 1 aliphatic heterocycles. The average molecular weight is 446 g/mol. The van der Waals surface area contributed by atoms with Gasteiger partial charge in [0, 0.05) is 36.1 Å². The molecule has 8 nitrogen and oxygen atoms in total. The van der Waals surface area contributed by atoms with E-state index in [2.05, 4.69) is 10.0 Å². The van der Waals surface area contributed by atoms with Crippen LogP contribution < -0.4 is 10.0 Å². The Morgan fingerprint density at radius 3 is 2.40 bits per heavy atom. The first kappa shape index (κ1) is 20.3. The first-order chi connectivity index (χ1) is 14.0. The minimum absolute atomic E-state index is 0.000121. The smallest absolute Gasteiger partial charge is 0.262 e. The molecule has 0 saturated heterocycles. The Morgan fingerprint density at radius 2 is 1.70 bits per heavy atom. The number of rotatable bonds is 5. The van der Waals surface area contributed by atoms with Crippen LogP contribution in [0.15, 0.2) is 58.3 Å². The molecular weight excluding hydrogens is 426 g/mol. The second-order valence-corrected chi connectivity index (χ2v) is 11.0. The fourth-order valence-electron chi connectivity index (χ4n) is 3.38. The number of hydrogen-bond donors (Lipinski definition) is 2. The van der Waals surface area contributed by atoms with Gasteiger partial charge in [0.2, 0.25) is 10.0 Å². The number of nitrogens with zero attached hydrogens (tertiary/aromatic N) is 1. The molecule has 30 heavy (non-hydrogen) atoms. The fraction of sp³-hybridized carbons (Fsp3) is 0.150. The third-order valence-corrected chi connectivity index (χ3v) is 8.25. The van der Waals surface area contributed by atoms with Crippen molar-refractivity contribution in [2.45, 2.75) is 16.7 Å². The van der Waals surface area contributed by atoms with Gasteiger partial charge in [-0.05, 0) is 42.8 Å². The molecule has 0 fully saturated rings. The van der Waals surface area contributed by atoms with E-state index in [9.17, 15) is 21.6 Å². The lowest BCUT2D eigenvalue weighted by molar-refractivity contribution is 0.103. The van der Waals surface area contributed by atoms with E-state index in [0.29, 0.717) is 27.6 Å². The van der Waals surface area contributed by atoms with Crippen molar-refractivity contribution in [3.63, 3.8) is 0 Å². The lowest BCUT2D eigenvalue weighted by Crippen LogP contribution is -2.22. The maximum absolute atomic E-state index is 13.2. The van der Waals surface area contributed by atoms with E-state index in [0.717, 1.165) is 4.31 Å². The van der Waals surface area contributed by atoms with Gasteiger partial charge in [-0.2, -0.15) is 0 Å². The van der Waals surface area contributed by atoms with Gasteiger partial charge in [0.25, 0.3) is 15.9 Å². The van der Waals surface area contributed by atoms with Crippen molar-refractivity contribution >= 4 is 48.1 Å². The zero-order chi connectivity index (χ0) is 21.8. The molecule has 1 aliphatic rings. The molecule has 1 heterocycles. The summed E-state index contributed by atoms with van der Waals surface area (Å²) in [5, 5.41) is 3.67. The van der Waals surface area contributed by atoms with Crippen LogP contribution in [0.2, 0.25) is 0 Å². The number of aryl methyl sites for hydroxylation is 1. The van der Waals surface area contributed by atoms with E-state index < -0.39 is 20.0 Å². The monoisotopic (exact) mass is 445 g/mol. The molecule has 0 spiro atoms. The van der Waals surface area contributed by atoms with Crippen LogP contribution in [0, 0.1) is 6.92 Å². The Hall–Kier alpha value is -2.95. The highest BCUT2D eigenvalue weighted by molar-refractivity contribution is 7.93. The summed E-state index contributed by atoms with van der Waals surface area (Å²) >= 11 is 0. The van der Waals surface area contributed by atoms with Gasteiger partial charge in [-0.25, -0.2) is 21.1 Å². The van der Waals surface area contributed by atoms with E-state index in [1.54, 1.807) is 37.3 Å². The maximum Gasteiger partial charge on any atom is 0.262 e. The van der Waals surface area contributed by atoms with E-state index in [1.165, 1.54) is 32.3 Å². The van der Waals surface area contributed by atoms with Gasteiger partial charge in [0.1, 0.15) is 0 Å². The number of carbonyl (C=O) groups is 1. The van der Waals surface area contributed by atoms with Crippen LogP contribution >= 0.6 is 0 Å². The van der Waals surface area contributed by atoms with Gasteiger partial charge in [-0.1, -0.05) is 18.2 Å².